The Balaban J connectivity index is 2.11. The molecule has 8 heteroatoms. The van der Waals surface area contributed by atoms with Crippen molar-refractivity contribution in [1.82, 2.24) is 25.4 Å². The van der Waals surface area contributed by atoms with Gasteiger partial charge in [-0.15, -0.1) is 5.10 Å². The van der Waals surface area contributed by atoms with Crippen LogP contribution in [-0.4, -0.2) is 31.3 Å². The molecule has 0 atom stereocenters. The highest BCUT2D eigenvalue weighted by Gasteiger charge is 2.12. The van der Waals surface area contributed by atoms with Gasteiger partial charge in [-0.1, -0.05) is 6.92 Å². The van der Waals surface area contributed by atoms with Crippen LogP contribution in [-0.2, 0) is 6.42 Å². The number of rotatable bonds is 3. The Morgan fingerprint density at radius 3 is 2.76 bits per heavy atom. The second kappa shape index (κ2) is 4.56. The van der Waals surface area contributed by atoms with Crippen LogP contribution >= 0.6 is 0 Å². The van der Waals surface area contributed by atoms with Crippen LogP contribution in [0.25, 0.3) is 0 Å². The van der Waals surface area contributed by atoms with E-state index in [1.54, 1.807) is 0 Å². The van der Waals surface area contributed by atoms with Crippen LogP contribution in [0.5, 0.6) is 0 Å². The molecule has 0 radical (unpaired) electrons. The highest BCUT2D eigenvalue weighted by molar-refractivity contribution is 6.00. The van der Waals surface area contributed by atoms with E-state index >= 15 is 0 Å². The molecule has 0 aliphatic carbocycles. The largest absolute Gasteiger partial charge is 0.302 e. The van der Waals surface area contributed by atoms with Crippen LogP contribution in [0.1, 0.15) is 23.4 Å². The summed E-state index contributed by atoms with van der Waals surface area (Å²) in [6.07, 6.45) is 0.664. The predicted molar refractivity (Wildman–Crippen MR) is 58.6 cm³/mol. The van der Waals surface area contributed by atoms with Gasteiger partial charge in [0.25, 0.3) is 11.5 Å². The molecule has 0 saturated heterocycles. The lowest BCUT2D eigenvalue weighted by Gasteiger charge is -1.98. The topological polar surface area (TPSA) is 116 Å². The second-order valence-corrected chi connectivity index (χ2v) is 3.22. The van der Waals surface area contributed by atoms with Gasteiger partial charge < -0.3 is 5.32 Å². The van der Waals surface area contributed by atoms with E-state index in [1.165, 1.54) is 12.1 Å². The van der Waals surface area contributed by atoms with Crippen LogP contribution in [0.15, 0.2) is 16.9 Å². The van der Waals surface area contributed by atoms with Gasteiger partial charge in [-0.25, -0.2) is 10.1 Å². The maximum Gasteiger partial charge on any atom is 0.296 e. The lowest BCUT2D eigenvalue weighted by molar-refractivity contribution is 0.101. The van der Waals surface area contributed by atoms with Gasteiger partial charge in [-0.05, 0) is 6.07 Å². The number of nitrogens with zero attached hydrogens (tertiary/aromatic N) is 3. The van der Waals surface area contributed by atoms with Crippen LogP contribution in [0.2, 0.25) is 0 Å². The van der Waals surface area contributed by atoms with E-state index in [2.05, 4.69) is 30.7 Å². The molecule has 0 fully saturated rings. The molecule has 3 N–H and O–H groups in total. The number of carbonyl (C=O) groups is 1. The highest BCUT2D eigenvalue weighted by Crippen LogP contribution is 2.00. The molecule has 2 aromatic rings. The number of carbonyl (C=O) groups excluding carboxylic acids is 1. The average Bonchev–Trinajstić information content (AvgIpc) is 2.81. The third-order valence-electron chi connectivity index (χ3n) is 1.99. The summed E-state index contributed by atoms with van der Waals surface area (Å²) in [6, 6.07) is 2.65. The molecule has 0 unspecified atom stereocenters. The minimum absolute atomic E-state index is 0.0369. The number of amides is 1. The van der Waals surface area contributed by atoms with Crippen LogP contribution < -0.4 is 10.9 Å². The zero-order chi connectivity index (χ0) is 12.3. The molecule has 0 saturated carbocycles. The van der Waals surface area contributed by atoms with Gasteiger partial charge in [-0.2, -0.15) is 5.10 Å². The highest BCUT2D eigenvalue weighted by atomic mass is 16.2. The fraction of sp³-hybridized carbons (Fsp3) is 0.222. The summed E-state index contributed by atoms with van der Waals surface area (Å²) in [7, 11) is 0. The molecule has 2 rings (SSSR count). The quantitative estimate of drug-likeness (QED) is 0.674. The molecule has 1 amide bonds. The minimum Gasteiger partial charge on any atom is -0.302 e. The molecule has 2 heterocycles. The molecular formula is C9H10N6O2. The Bertz CT molecular complexity index is 567. The number of hydrogen-bond donors (Lipinski definition) is 3. The molecule has 0 aliphatic rings. The number of nitrogens with one attached hydrogen (secondary N) is 3. The van der Waals surface area contributed by atoms with Crippen molar-refractivity contribution in [3.63, 3.8) is 0 Å². The number of aromatic nitrogens is 5. The maximum atomic E-state index is 11.6. The van der Waals surface area contributed by atoms with E-state index in [0.29, 0.717) is 12.2 Å². The summed E-state index contributed by atoms with van der Waals surface area (Å²) < 4.78 is 0. The predicted octanol–water partition coefficient (Wildman–Crippen LogP) is -0.297. The summed E-state index contributed by atoms with van der Waals surface area (Å²) >= 11 is 0. The van der Waals surface area contributed by atoms with E-state index in [9.17, 15) is 9.59 Å². The number of hydrogen-bond acceptors (Lipinski definition) is 5. The first-order valence-corrected chi connectivity index (χ1v) is 4.97. The Morgan fingerprint density at radius 1 is 1.35 bits per heavy atom. The molecule has 8 nitrogen and oxygen atoms in total. The van der Waals surface area contributed by atoms with Gasteiger partial charge in [-0.3, -0.25) is 14.7 Å². The van der Waals surface area contributed by atoms with Crippen molar-refractivity contribution in [2.45, 2.75) is 13.3 Å². The summed E-state index contributed by atoms with van der Waals surface area (Å²) in [6.45, 7) is 1.89. The summed E-state index contributed by atoms with van der Waals surface area (Å²) in [5.41, 5.74) is -0.339. The zero-order valence-electron chi connectivity index (χ0n) is 9.02. The first-order chi connectivity index (χ1) is 8.19. The van der Waals surface area contributed by atoms with Gasteiger partial charge in [0.05, 0.1) is 0 Å². The molecule has 0 spiro atoms. The fourth-order valence-corrected chi connectivity index (χ4v) is 1.14. The van der Waals surface area contributed by atoms with Gasteiger partial charge in [0, 0.05) is 12.5 Å². The van der Waals surface area contributed by atoms with Crippen molar-refractivity contribution in [2.24, 2.45) is 0 Å². The summed E-state index contributed by atoms with van der Waals surface area (Å²) in [5, 5.41) is 14.7. The Morgan fingerprint density at radius 2 is 2.18 bits per heavy atom. The summed E-state index contributed by atoms with van der Waals surface area (Å²) in [5.74, 6) is 0.414. The minimum atomic E-state index is -0.486. The van der Waals surface area contributed by atoms with E-state index in [-0.39, 0.29) is 17.2 Å². The Hall–Kier alpha value is -2.51. The van der Waals surface area contributed by atoms with Gasteiger partial charge in [0.15, 0.2) is 5.82 Å². The van der Waals surface area contributed by atoms with E-state index < -0.39 is 5.91 Å². The first-order valence-electron chi connectivity index (χ1n) is 4.97. The molecule has 0 aliphatic heterocycles. The van der Waals surface area contributed by atoms with Crippen LogP contribution in [0.4, 0.5) is 5.82 Å². The number of aromatic amines is 2. The average molecular weight is 234 g/mol. The monoisotopic (exact) mass is 234 g/mol. The Labute approximate surface area is 95.5 Å². The van der Waals surface area contributed by atoms with Crippen molar-refractivity contribution in [3.05, 3.63) is 34.1 Å². The molecular weight excluding hydrogens is 224 g/mol. The normalized spacial score (nSPS) is 10.2. The fourth-order valence-electron chi connectivity index (χ4n) is 1.14. The molecule has 0 bridgehead atoms. The lowest BCUT2D eigenvalue weighted by atomic mass is 10.4. The number of anilines is 1. The Kier molecular flexibility index (Phi) is 2.95. The van der Waals surface area contributed by atoms with Crippen molar-refractivity contribution >= 4 is 11.7 Å². The summed E-state index contributed by atoms with van der Waals surface area (Å²) in [4.78, 5) is 26.4. The second-order valence-electron chi connectivity index (χ2n) is 3.22. The van der Waals surface area contributed by atoms with E-state index in [1.807, 2.05) is 6.92 Å². The SMILES string of the molecule is CCc1nc(C(=O)Nc2ccc(=O)[nH]n2)n[nH]1. The van der Waals surface area contributed by atoms with Crippen molar-refractivity contribution < 1.29 is 4.79 Å². The zero-order valence-corrected chi connectivity index (χ0v) is 9.02. The third-order valence-corrected chi connectivity index (χ3v) is 1.99. The molecule has 88 valence electrons. The third kappa shape index (κ3) is 2.54. The number of aryl methyl sites for hydroxylation is 1. The molecule has 17 heavy (non-hydrogen) atoms. The van der Waals surface area contributed by atoms with E-state index in [0.717, 1.165) is 0 Å². The van der Waals surface area contributed by atoms with Gasteiger partial charge in [0.1, 0.15) is 5.82 Å². The van der Waals surface area contributed by atoms with Crippen molar-refractivity contribution in [3.8, 4) is 0 Å². The molecule has 2 aromatic heterocycles. The smallest absolute Gasteiger partial charge is 0.296 e. The standard InChI is InChI=1S/C9H10N6O2/c1-2-5-10-8(15-12-5)9(17)11-6-3-4-7(16)14-13-6/h3-4H,2H2,1H3,(H,14,16)(H,10,12,15)(H,11,13,17). The van der Waals surface area contributed by atoms with Gasteiger partial charge in [0.2, 0.25) is 5.82 Å². The maximum absolute atomic E-state index is 11.6. The van der Waals surface area contributed by atoms with Crippen molar-refractivity contribution in [2.75, 3.05) is 5.32 Å². The van der Waals surface area contributed by atoms with Gasteiger partial charge >= 0.3 is 0 Å². The van der Waals surface area contributed by atoms with Crippen molar-refractivity contribution in [1.29, 1.82) is 0 Å². The lowest BCUT2D eigenvalue weighted by Crippen LogP contribution is -2.17. The van der Waals surface area contributed by atoms with E-state index in [4.69, 9.17) is 0 Å². The number of H-pyrrole nitrogens is 2. The van der Waals surface area contributed by atoms with Crippen LogP contribution in [0, 0.1) is 0 Å². The molecule has 0 aromatic carbocycles. The van der Waals surface area contributed by atoms with Crippen LogP contribution in [0.3, 0.4) is 0 Å². The first kappa shape index (κ1) is 11.0.